The normalized spacial score (nSPS) is 13.3. The van der Waals surface area contributed by atoms with Gasteiger partial charge in [0.2, 0.25) is 0 Å². The number of rotatable bonds is 3. The van der Waals surface area contributed by atoms with Gasteiger partial charge in [0.05, 0.1) is 0 Å². The topological polar surface area (TPSA) is 26.3 Å². The Balaban J connectivity index is 3.05. The van der Waals surface area contributed by atoms with Gasteiger partial charge in [-0.1, -0.05) is 42.3 Å². The van der Waals surface area contributed by atoms with Gasteiger partial charge < -0.3 is 4.74 Å². The van der Waals surface area contributed by atoms with Gasteiger partial charge in [-0.15, -0.1) is 6.42 Å². The summed E-state index contributed by atoms with van der Waals surface area (Å²) < 4.78 is 5.30. The second-order valence-corrected chi connectivity index (χ2v) is 4.21. The molecule has 0 aromatic heterocycles. The van der Waals surface area contributed by atoms with Crippen LogP contribution in [0.5, 0.6) is 0 Å². The Bertz CT molecular complexity index is 477. The van der Waals surface area contributed by atoms with Crippen molar-refractivity contribution < 1.29 is 9.53 Å². The van der Waals surface area contributed by atoms with Gasteiger partial charge in [0, 0.05) is 11.1 Å². The zero-order valence-electron chi connectivity index (χ0n) is 10.4. The van der Waals surface area contributed by atoms with Gasteiger partial charge in [0.1, 0.15) is 0 Å². The minimum absolute atomic E-state index is 0.332. The highest BCUT2D eigenvalue weighted by molar-refractivity contribution is 5.87. The largest absolute Gasteiger partial charge is 0.438 e. The molecule has 0 bridgehead atoms. The summed E-state index contributed by atoms with van der Waals surface area (Å²) in [6, 6.07) is 7.58. The van der Waals surface area contributed by atoms with Crippen LogP contribution < -0.4 is 0 Å². The van der Waals surface area contributed by atoms with E-state index >= 15 is 0 Å². The standard InChI is InChI=1S/C15H16O2/c1-6-15(5,17-14(16)11(2)3)13-9-7-12(4)8-10-13/h1,7-10H,2H2,3-5H3. The van der Waals surface area contributed by atoms with Crippen molar-refractivity contribution in [2.75, 3.05) is 0 Å². The molecule has 0 radical (unpaired) electrons. The minimum Gasteiger partial charge on any atom is -0.438 e. The van der Waals surface area contributed by atoms with Crippen molar-refractivity contribution in [2.24, 2.45) is 0 Å². The van der Waals surface area contributed by atoms with Crippen LogP contribution >= 0.6 is 0 Å². The van der Waals surface area contributed by atoms with Crippen molar-refractivity contribution in [3.63, 3.8) is 0 Å². The zero-order valence-corrected chi connectivity index (χ0v) is 10.4. The monoisotopic (exact) mass is 228 g/mol. The average molecular weight is 228 g/mol. The second kappa shape index (κ2) is 4.88. The lowest BCUT2D eigenvalue weighted by atomic mass is 9.95. The smallest absolute Gasteiger partial charge is 0.334 e. The number of benzene rings is 1. The molecule has 1 aromatic rings. The number of terminal acetylenes is 1. The highest BCUT2D eigenvalue weighted by atomic mass is 16.6. The van der Waals surface area contributed by atoms with E-state index in [1.807, 2.05) is 31.2 Å². The van der Waals surface area contributed by atoms with Gasteiger partial charge in [-0.2, -0.15) is 0 Å². The van der Waals surface area contributed by atoms with E-state index in [9.17, 15) is 4.79 Å². The molecule has 2 nitrogen and oxygen atoms in total. The summed E-state index contributed by atoms with van der Waals surface area (Å²) in [5.41, 5.74) is 1.18. The van der Waals surface area contributed by atoms with E-state index in [2.05, 4.69) is 12.5 Å². The van der Waals surface area contributed by atoms with Gasteiger partial charge >= 0.3 is 5.97 Å². The van der Waals surface area contributed by atoms with E-state index in [4.69, 9.17) is 11.2 Å². The van der Waals surface area contributed by atoms with Crippen molar-refractivity contribution in [1.82, 2.24) is 0 Å². The van der Waals surface area contributed by atoms with Crippen LogP contribution in [-0.2, 0) is 15.1 Å². The number of carbonyl (C=O) groups excluding carboxylic acids is 1. The third-order valence-corrected chi connectivity index (χ3v) is 2.52. The van der Waals surface area contributed by atoms with Crippen molar-refractivity contribution in [2.45, 2.75) is 26.4 Å². The lowest BCUT2D eigenvalue weighted by molar-refractivity contribution is -0.148. The van der Waals surface area contributed by atoms with Crippen molar-refractivity contribution >= 4 is 5.97 Å². The number of hydrogen-bond donors (Lipinski definition) is 0. The Kier molecular flexibility index (Phi) is 3.75. The summed E-state index contributed by atoms with van der Waals surface area (Å²) in [4.78, 5) is 11.5. The Hall–Kier alpha value is -2.01. The fourth-order valence-electron chi connectivity index (χ4n) is 1.32. The van der Waals surface area contributed by atoms with Gasteiger partial charge in [-0.05, 0) is 20.8 Å². The molecule has 0 heterocycles. The summed E-state index contributed by atoms with van der Waals surface area (Å²) in [7, 11) is 0. The summed E-state index contributed by atoms with van der Waals surface area (Å²) in [5.74, 6) is 2.04. The third-order valence-electron chi connectivity index (χ3n) is 2.52. The van der Waals surface area contributed by atoms with Crippen LogP contribution in [0, 0.1) is 19.3 Å². The molecule has 0 aliphatic rings. The van der Waals surface area contributed by atoms with Crippen molar-refractivity contribution in [3.05, 3.63) is 47.5 Å². The summed E-state index contributed by atoms with van der Waals surface area (Å²) >= 11 is 0. The molecule has 0 amide bonds. The molecule has 0 N–H and O–H groups in total. The van der Waals surface area contributed by atoms with E-state index < -0.39 is 11.6 Å². The van der Waals surface area contributed by atoms with Gasteiger partial charge in [-0.25, -0.2) is 4.79 Å². The van der Waals surface area contributed by atoms with Crippen LogP contribution in [-0.4, -0.2) is 5.97 Å². The van der Waals surface area contributed by atoms with Crippen LogP contribution in [0.15, 0.2) is 36.4 Å². The van der Waals surface area contributed by atoms with Crippen molar-refractivity contribution in [1.29, 1.82) is 0 Å². The predicted octanol–water partition coefficient (Wildman–Crippen LogP) is 2.96. The number of aryl methyl sites for hydroxylation is 1. The molecule has 0 spiro atoms. The summed E-state index contributed by atoms with van der Waals surface area (Å²) in [5, 5.41) is 0. The highest BCUT2D eigenvalue weighted by Gasteiger charge is 2.28. The Morgan fingerprint density at radius 2 is 1.94 bits per heavy atom. The fraction of sp³-hybridized carbons (Fsp3) is 0.267. The summed E-state index contributed by atoms with van der Waals surface area (Å²) in [6.07, 6.45) is 5.47. The lowest BCUT2D eigenvalue weighted by Gasteiger charge is -2.24. The number of ether oxygens (including phenoxy) is 1. The first-order valence-electron chi connectivity index (χ1n) is 5.33. The van der Waals surface area contributed by atoms with Gasteiger partial charge in [-0.3, -0.25) is 0 Å². The molecule has 1 atom stereocenters. The molecule has 1 rings (SSSR count). The molecule has 2 heteroatoms. The molecule has 1 unspecified atom stereocenters. The van der Waals surface area contributed by atoms with E-state index in [1.165, 1.54) is 0 Å². The number of esters is 1. The fourth-order valence-corrected chi connectivity index (χ4v) is 1.32. The Morgan fingerprint density at radius 3 is 2.35 bits per heavy atom. The molecule has 0 saturated carbocycles. The number of carbonyl (C=O) groups is 1. The predicted molar refractivity (Wildman–Crippen MR) is 68.3 cm³/mol. The van der Waals surface area contributed by atoms with Crippen LogP contribution in [0.4, 0.5) is 0 Å². The maximum Gasteiger partial charge on any atom is 0.334 e. The van der Waals surface area contributed by atoms with E-state index in [0.29, 0.717) is 5.57 Å². The molecule has 0 fully saturated rings. The van der Waals surface area contributed by atoms with Crippen LogP contribution in [0.3, 0.4) is 0 Å². The quantitative estimate of drug-likeness (QED) is 0.451. The van der Waals surface area contributed by atoms with Crippen LogP contribution in [0.2, 0.25) is 0 Å². The summed E-state index contributed by atoms with van der Waals surface area (Å²) in [6.45, 7) is 8.81. The van der Waals surface area contributed by atoms with Crippen LogP contribution in [0.25, 0.3) is 0 Å². The van der Waals surface area contributed by atoms with E-state index in [0.717, 1.165) is 11.1 Å². The molecule has 17 heavy (non-hydrogen) atoms. The molecule has 88 valence electrons. The first kappa shape index (κ1) is 13.1. The molecular formula is C15H16O2. The van der Waals surface area contributed by atoms with E-state index in [1.54, 1.807) is 13.8 Å². The number of hydrogen-bond acceptors (Lipinski definition) is 2. The van der Waals surface area contributed by atoms with Gasteiger partial charge in [0.15, 0.2) is 5.60 Å². The minimum atomic E-state index is -1.05. The first-order chi connectivity index (χ1) is 7.89. The van der Waals surface area contributed by atoms with Crippen LogP contribution in [0.1, 0.15) is 25.0 Å². The van der Waals surface area contributed by atoms with Crippen molar-refractivity contribution in [3.8, 4) is 12.3 Å². The SMILES string of the molecule is C#CC(C)(OC(=O)C(=C)C)c1ccc(C)cc1. The maximum absolute atomic E-state index is 11.5. The first-order valence-corrected chi connectivity index (χ1v) is 5.33. The second-order valence-electron chi connectivity index (χ2n) is 4.21. The molecular weight excluding hydrogens is 212 g/mol. The Labute approximate surface area is 102 Å². The maximum atomic E-state index is 11.5. The molecule has 0 aliphatic carbocycles. The zero-order chi connectivity index (χ0) is 13.1. The van der Waals surface area contributed by atoms with E-state index in [-0.39, 0.29) is 0 Å². The molecule has 1 aromatic carbocycles. The molecule has 0 saturated heterocycles. The highest BCUT2D eigenvalue weighted by Crippen LogP contribution is 2.25. The third kappa shape index (κ3) is 2.98. The average Bonchev–Trinajstić information content (AvgIpc) is 2.29. The van der Waals surface area contributed by atoms with Gasteiger partial charge in [0.25, 0.3) is 0 Å². The Morgan fingerprint density at radius 1 is 1.41 bits per heavy atom. The lowest BCUT2D eigenvalue weighted by Crippen LogP contribution is -2.27. The molecule has 0 aliphatic heterocycles.